The highest BCUT2D eigenvalue weighted by molar-refractivity contribution is 5.82. The number of carbonyl (C=O) groups excluding carboxylic acids is 1. The van der Waals surface area contributed by atoms with Gasteiger partial charge < -0.3 is 20.9 Å². The van der Waals surface area contributed by atoms with Gasteiger partial charge in [0.1, 0.15) is 30.3 Å². The highest BCUT2D eigenvalue weighted by Crippen LogP contribution is 2.12. The van der Waals surface area contributed by atoms with Gasteiger partial charge in [-0.2, -0.15) is 0 Å². The molecule has 0 aliphatic heterocycles. The third-order valence-electron chi connectivity index (χ3n) is 3.49. The molecule has 5 nitrogen and oxygen atoms in total. The zero-order valence-corrected chi connectivity index (χ0v) is 13.4. The molecule has 24 heavy (non-hydrogen) atoms. The first kappa shape index (κ1) is 17.9. The molecule has 0 spiro atoms. The molecule has 4 N–H and O–H groups in total. The molecule has 0 heterocycles. The monoisotopic (exact) mass is 332 g/mol. The first-order valence-corrected chi connectivity index (χ1v) is 7.62. The van der Waals surface area contributed by atoms with Crippen LogP contribution in [0, 0.1) is 12.7 Å². The molecular weight excluding hydrogens is 311 g/mol. The molecule has 6 heteroatoms. The van der Waals surface area contributed by atoms with E-state index in [-0.39, 0.29) is 24.9 Å². The Hall–Kier alpha value is -2.44. The Bertz CT molecular complexity index is 659. The Labute approximate surface area is 140 Å². The summed E-state index contributed by atoms with van der Waals surface area (Å²) in [5.74, 6) is -0.293. The topological polar surface area (TPSA) is 84.6 Å². The van der Waals surface area contributed by atoms with E-state index >= 15 is 0 Å². The summed E-state index contributed by atoms with van der Waals surface area (Å²) in [4.78, 5) is 12.0. The number of halogens is 1. The average molecular weight is 332 g/mol. The molecule has 0 saturated carbocycles. The van der Waals surface area contributed by atoms with Crippen LogP contribution in [0.3, 0.4) is 0 Å². The third-order valence-corrected chi connectivity index (χ3v) is 3.49. The summed E-state index contributed by atoms with van der Waals surface area (Å²) in [6.45, 7) is 1.94. The molecule has 1 amide bonds. The molecule has 0 aromatic heterocycles. The first-order valence-electron chi connectivity index (χ1n) is 7.62. The van der Waals surface area contributed by atoms with Crippen molar-refractivity contribution in [1.29, 1.82) is 0 Å². The van der Waals surface area contributed by atoms with Crippen molar-refractivity contribution >= 4 is 5.91 Å². The second kappa shape index (κ2) is 8.42. The molecule has 2 aromatic carbocycles. The zero-order valence-electron chi connectivity index (χ0n) is 13.4. The van der Waals surface area contributed by atoms with Gasteiger partial charge in [-0.3, -0.25) is 4.79 Å². The Kier molecular flexibility index (Phi) is 6.28. The smallest absolute Gasteiger partial charge is 0.241 e. The number of carbonyl (C=O) groups is 1. The maximum Gasteiger partial charge on any atom is 0.241 e. The summed E-state index contributed by atoms with van der Waals surface area (Å²) in [6.07, 6.45) is -0.899. The molecule has 2 unspecified atom stereocenters. The summed E-state index contributed by atoms with van der Waals surface area (Å²) in [6, 6.07) is 12.0. The van der Waals surface area contributed by atoms with Crippen molar-refractivity contribution in [3.8, 4) is 5.75 Å². The first-order chi connectivity index (χ1) is 11.5. The van der Waals surface area contributed by atoms with Crippen molar-refractivity contribution in [1.82, 2.24) is 5.32 Å². The highest BCUT2D eigenvalue weighted by Gasteiger charge is 2.16. The highest BCUT2D eigenvalue weighted by atomic mass is 19.1. The van der Waals surface area contributed by atoms with Gasteiger partial charge in [-0.05, 0) is 36.8 Å². The lowest BCUT2D eigenvalue weighted by molar-refractivity contribution is -0.123. The lowest BCUT2D eigenvalue weighted by Gasteiger charge is -2.16. The molecule has 0 radical (unpaired) electrons. The largest absolute Gasteiger partial charge is 0.491 e. The van der Waals surface area contributed by atoms with Gasteiger partial charge >= 0.3 is 0 Å². The molecule has 0 aliphatic rings. The van der Waals surface area contributed by atoms with Crippen LogP contribution in [-0.4, -0.2) is 30.3 Å². The number of aliphatic hydroxyl groups is 1. The summed E-state index contributed by atoms with van der Waals surface area (Å²) >= 11 is 0. The van der Waals surface area contributed by atoms with Crippen molar-refractivity contribution in [2.24, 2.45) is 5.73 Å². The third kappa shape index (κ3) is 5.33. The van der Waals surface area contributed by atoms with E-state index in [0.717, 1.165) is 5.56 Å². The minimum Gasteiger partial charge on any atom is -0.491 e. The van der Waals surface area contributed by atoms with Gasteiger partial charge in [-0.25, -0.2) is 4.39 Å². The van der Waals surface area contributed by atoms with E-state index in [1.165, 1.54) is 24.3 Å². The molecular formula is C18H21FN2O3. The number of benzene rings is 2. The average Bonchev–Trinajstić information content (AvgIpc) is 2.59. The van der Waals surface area contributed by atoms with Crippen LogP contribution < -0.4 is 15.8 Å². The van der Waals surface area contributed by atoms with Crippen LogP contribution >= 0.6 is 0 Å². The molecule has 0 aliphatic carbocycles. The van der Waals surface area contributed by atoms with Crippen molar-refractivity contribution in [2.45, 2.75) is 19.1 Å². The lowest BCUT2D eigenvalue weighted by atomic mass is 10.1. The minimum atomic E-state index is -0.899. The number of ether oxygens (including phenoxy) is 1. The Balaban J connectivity index is 1.76. The number of aryl methyl sites for hydroxylation is 1. The summed E-state index contributed by atoms with van der Waals surface area (Å²) < 4.78 is 18.1. The molecule has 0 bridgehead atoms. The summed E-state index contributed by atoms with van der Waals surface area (Å²) in [5, 5.41) is 12.4. The minimum absolute atomic E-state index is 0.0135. The van der Waals surface area contributed by atoms with Gasteiger partial charge in [0.25, 0.3) is 0 Å². The second-order valence-electron chi connectivity index (χ2n) is 5.55. The second-order valence-corrected chi connectivity index (χ2v) is 5.55. The van der Waals surface area contributed by atoms with Crippen LogP contribution in [0.15, 0.2) is 48.5 Å². The number of hydrogen-bond donors (Lipinski definition) is 3. The fourth-order valence-corrected chi connectivity index (χ4v) is 2.04. The molecule has 2 rings (SSSR count). The maximum atomic E-state index is 12.8. The van der Waals surface area contributed by atoms with Gasteiger partial charge in [0.2, 0.25) is 5.91 Å². The van der Waals surface area contributed by atoms with Crippen molar-refractivity contribution in [3.63, 3.8) is 0 Å². The predicted octanol–water partition coefficient (Wildman–Crippen LogP) is 1.69. The van der Waals surface area contributed by atoms with Crippen LogP contribution in [-0.2, 0) is 4.79 Å². The van der Waals surface area contributed by atoms with Crippen LogP contribution in [0.5, 0.6) is 5.75 Å². The number of nitrogens with two attached hydrogens (primary N) is 1. The van der Waals surface area contributed by atoms with E-state index in [2.05, 4.69) is 5.32 Å². The predicted molar refractivity (Wildman–Crippen MR) is 89.0 cm³/mol. The van der Waals surface area contributed by atoms with Gasteiger partial charge in [0.15, 0.2) is 0 Å². The van der Waals surface area contributed by atoms with Gasteiger partial charge in [0, 0.05) is 6.54 Å². The van der Waals surface area contributed by atoms with Gasteiger partial charge in [0.05, 0.1) is 0 Å². The van der Waals surface area contributed by atoms with Gasteiger partial charge in [-0.1, -0.05) is 29.8 Å². The van der Waals surface area contributed by atoms with Crippen molar-refractivity contribution in [2.75, 3.05) is 13.2 Å². The van der Waals surface area contributed by atoms with Crippen LogP contribution in [0.1, 0.15) is 17.2 Å². The number of aliphatic hydroxyl groups excluding tert-OH is 1. The number of amides is 1. The lowest BCUT2D eigenvalue weighted by Crippen LogP contribution is -2.40. The number of rotatable bonds is 7. The van der Waals surface area contributed by atoms with E-state index in [4.69, 9.17) is 10.5 Å². The van der Waals surface area contributed by atoms with Crippen LogP contribution in [0.25, 0.3) is 0 Å². The fraction of sp³-hybridized carbons (Fsp3) is 0.278. The summed E-state index contributed by atoms with van der Waals surface area (Å²) in [7, 11) is 0. The Morgan fingerprint density at radius 1 is 1.21 bits per heavy atom. The van der Waals surface area contributed by atoms with Crippen LogP contribution in [0.2, 0.25) is 0 Å². The standard InChI is InChI=1S/C18H21FN2O3/c1-12-2-4-13(5-3-12)17(20)18(23)21-10-15(22)11-24-16-8-6-14(19)7-9-16/h2-9,15,17,22H,10-11,20H2,1H3,(H,21,23). The molecule has 2 aromatic rings. The Morgan fingerprint density at radius 2 is 1.83 bits per heavy atom. The van der Waals surface area contributed by atoms with Crippen molar-refractivity contribution in [3.05, 3.63) is 65.5 Å². The maximum absolute atomic E-state index is 12.8. The molecule has 0 fully saturated rings. The molecule has 0 saturated heterocycles. The normalized spacial score (nSPS) is 13.2. The number of hydrogen-bond acceptors (Lipinski definition) is 4. The molecule has 128 valence electrons. The van der Waals surface area contributed by atoms with E-state index < -0.39 is 12.1 Å². The SMILES string of the molecule is Cc1ccc(C(N)C(=O)NCC(O)COc2ccc(F)cc2)cc1. The van der Waals surface area contributed by atoms with E-state index in [1.807, 2.05) is 19.1 Å². The molecule has 2 atom stereocenters. The van der Waals surface area contributed by atoms with Gasteiger partial charge in [-0.15, -0.1) is 0 Å². The van der Waals surface area contributed by atoms with E-state index in [9.17, 15) is 14.3 Å². The quantitative estimate of drug-likeness (QED) is 0.720. The van der Waals surface area contributed by atoms with Crippen molar-refractivity contribution < 1.29 is 19.0 Å². The number of nitrogens with one attached hydrogen (secondary N) is 1. The Morgan fingerprint density at radius 3 is 2.46 bits per heavy atom. The van der Waals surface area contributed by atoms with Crippen LogP contribution in [0.4, 0.5) is 4.39 Å². The summed E-state index contributed by atoms with van der Waals surface area (Å²) in [5.41, 5.74) is 7.68. The van der Waals surface area contributed by atoms with E-state index in [0.29, 0.717) is 11.3 Å². The zero-order chi connectivity index (χ0) is 17.5. The fourth-order valence-electron chi connectivity index (χ4n) is 2.04. The van der Waals surface area contributed by atoms with E-state index in [1.54, 1.807) is 12.1 Å².